The van der Waals surface area contributed by atoms with Crippen molar-refractivity contribution in [3.05, 3.63) is 28.3 Å². The van der Waals surface area contributed by atoms with Gasteiger partial charge in [-0.2, -0.15) is 0 Å². The first-order valence-corrected chi connectivity index (χ1v) is 7.30. The lowest BCUT2D eigenvalue weighted by molar-refractivity contribution is -0.384. The van der Waals surface area contributed by atoms with E-state index in [-0.39, 0.29) is 22.8 Å². The molecular weight excluding hydrogens is 278 g/mol. The highest BCUT2D eigenvalue weighted by atomic mass is 32.1. The van der Waals surface area contributed by atoms with Crippen molar-refractivity contribution in [1.29, 1.82) is 0 Å². The van der Waals surface area contributed by atoms with Gasteiger partial charge in [-0.15, -0.1) is 0 Å². The number of nitro groups is 1. The third-order valence-electron chi connectivity index (χ3n) is 3.26. The second kappa shape index (κ2) is 4.99. The minimum atomic E-state index is -0.377. The standard InChI is InChI=1S/C13H15N3O3S/c1-8-6-15(7-9(2)19-8)13-14-11-4-3-10(16(17)18)5-12(11)20-13/h3-5,8-9H,6-7H2,1-2H3. The predicted octanol–water partition coefficient (Wildman–Crippen LogP) is 2.82. The molecule has 0 N–H and O–H groups in total. The molecule has 0 bridgehead atoms. The van der Waals surface area contributed by atoms with E-state index in [1.165, 1.54) is 17.4 Å². The van der Waals surface area contributed by atoms with Gasteiger partial charge in [0.05, 0.1) is 27.3 Å². The number of hydrogen-bond acceptors (Lipinski definition) is 6. The van der Waals surface area contributed by atoms with Gasteiger partial charge in [-0.3, -0.25) is 10.1 Å². The molecule has 2 heterocycles. The van der Waals surface area contributed by atoms with Gasteiger partial charge in [0.15, 0.2) is 5.13 Å². The van der Waals surface area contributed by atoms with E-state index in [4.69, 9.17) is 4.74 Å². The van der Waals surface area contributed by atoms with Crippen molar-refractivity contribution in [3.8, 4) is 0 Å². The number of non-ortho nitro benzene ring substituents is 1. The lowest BCUT2D eigenvalue weighted by Gasteiger charge is -2.35. The van der Waals surface area contributed by atoms with Gasteiger partial charge >= 0.3 is 0 Å². The van der Waals surface area contributed by atoms with Gasteiger partial charge in [-0.1, -0.05) is 11.3 Å². The molecule has 2 aromatic rings. The van der Waals surface area contributed by atoms with Crippen LogP contribution in [0.15, 0.2) is 18.2 Å². The van der Waals surface area contributed by atoms with Gasteiger partial charge < -0.3 is 9.64 Å². The average Bonchev–Trinajstić information content (AvgIpc) is 2.80. The van der Waals surface area contributed by atoms with Crippen LogP contribution in [0.3, 0.4) is 0 Å². The van der Waals surface area contributed by atoms with E-state index in [1.54, 1.807) is 12.1 Å². The Labute approximate surface area is 120 Å². The zero-order valence-corrected chi connectivity index (χ0v) is 12.1. The SMILES string of the molecule is CC1CN(c2nc3ccc([N+](=O)[O-])cc3s2)CC(C)O1. The maximum atomic E-state index is 10.8. The Hall–Kier alpha value is -1.73. The van der Waals surface area contributed by atoms with Gasteiger partial charge in [-0.05, 0) is 19.9 Å². The zero-order chi connectivity index (χ0) is 14.3. The van der Waals surface area contributed by atoms with Crippen LogP contribution in [0.2, 0.25) is 0 Å². The molecule has 2 unspecified atom stereocenters. The minimum Gasteiger partial charge on any atom is -0.372 e. The molecule has 1 aliphatic heterocycles. The number of thiazole rings is 1. The molecule has 1 aromatic heterocycles. The van der Waals surface area contributed by atoms with Gasteiger partial charge in [0.1, 0.15) is 0 Å². The summed E-state index contributed by atoms with van der Waals surface area (Å²) in [5.41, 5.74) is 0.916. The molecule has 3 rings (SSSR count). The summed E-state index contributed by atoms with van der Waals surface area (Å²) in [6, 6.07) is 4.79. The van der Waals surface area contributed by atoms with E-state index >= 15 is 0 Å². The molecule has 7 heteroatoms. The number of fused-ring (bicyclic) bond motifs is 1. The Kier molecular flexibility index (Phi) is 3.31. The molecule has 6 nitrogen and oxygen atoms in total. The quantitative estimate of drug-likeness (QED) is 0.629. The number of hydrogen-bond donors (Lipinski definition) is 0. The number of morpholine rings is 1. The van der Waals surface area contributed by atoms with Gasteiger partial charge in [-0.25, -0.2) is 4.98 Å². The van der Waals surface area contributed by atoms with E-state index in [2.05, 4.69) is 9.88 Å². The maximum Gasteiger partial charge on any atom is 0.270 e. The molecule has 1 saturated heterocycles. The second-order valence-electron chi connectivity index (χ2n) is 5.07. The first kappa shape index (κ1) is 13.3. The number of nitro benzene ring substituents is 1. The predicted molar refractivity (Wildman–Crippen MR) is 78.5 cm³/mol. The van der Waals surface area contributed by atoms with Crippen molar-refractivity contribution in [1.82, 2.24) is 4.98 Å². The van der Waals surface area contributed by atoms with Crippen LogP contribution in [0.5, 0.6) is 0 Å². The van der Waals surface area contributed by atoms with Crippen LogP contribution in [0.25, 0.3) is 10.2 Å². The molecule has 0 saturated carbocycles. The molecule has 0 amide bonds. The smallest absolute Gasteiger partial charge is 0.270 e. The van der Waals surface area contributed by atoms with Crippen molar-refractivity contribution in [2.24, 2.45) is 0 Å². The minimum absolute atomic E-state index is 0.108. The summed E-state index contributed by atoms with van der Waals surface area (Å²) in [6.45, 7) is 5.68. The van der Waals surface area contributed by atoms with Crippen LogP contribution in [-0.4, -0.2) is 35.2 Å². The molecule has 0 radical (unpaired) electrons. The van der Waals surface area contributed by atoms with Gasteiger partial charge in [0.2, 0.25) is 0 Å². The van der Waals surface area contributed by atoms with E-state index in [9.17, 15) is 10.1 Å². The first-order valence-electron chi connectivity index (χ1n) is 6.48. The monoisotopic (exact) mass is 293 g/mol. The highest BCUT2D eigenvalue weighted by Crippen LogP contribution is 2.32. The fraction of sp³-hybridized carbons (Fsp3) is 0.462. The Balaban J connectivity index is 1.94. The fourth-order valence-corrected chi connectivity index (χ4v) is 3.50. The normalized spacial score (nSPS) is 23.2. The summed E-state index contributed by atoms with van der Waals surface area (Å²) in [5, 5.41) is 11.7. The molecule has 20 heavy (non-hydrogen) atoms. The maximum absolute atomic E-state index is 10.8. The van der Waals surface area contributed by atoms with Crippen LogP contribution < -0.4 is 4.90 Å². The van der Waals surface area contributed by atoms with E-state index < -0.39 is 0 Å². The number of nitrogens with zero attached hydrogens (tertiary/aromatic N) is 3. The number of anilines is 1. The van der Waals surface area contributed by atoms with Crippen molar-refractivity contribution >= 4 is 32.4 Å². The van der Waals surface area contributed by atoms with E-state index in [1.807, 2.05) is 13.8 Å². The molecular formula is C13H15N3O3S. The average molecular weight is 293 g/mol. The molecule has 1 fully saturated rings. The summed E-state index contributed by atoms with van der Waals surface area (Å²) in [6.07, 6.45) is 0.334. The Morgan fingerprint density at radius 3 is 2.75 bits per heavy atom. The van der Waals surface area contributed by atoms with E-state index in [0.717, 1.165) is 28.4 Å². The van der Waals surface area contributed by atoms with Crippen molar-refractivity contribution < 1.29 is 9.66 Å². The highest BCUT2D eigenvalue weighted by molar-refractivity contribution is 7.22. The number of benzene rings is 1. The summed E-state index contributed by atoms with van der Waals surface area (Å²) in [7, 11) is 0. The lowest BCUT2D eigenvalue weighted by Crippen LogP contribution is -2.45. The Morgan fingerprint density at radius 2 is 2.10 bits per heavy atom. The molecule has 2 atom stereocenters. The molecule has 0 spiro atoms. The lowest BCUT2D eigenvalue weighted by atomic mass is 10.2. The Bertz CT molecular complexity index is 647. The van der Waals surface area contributed by atoms with E-state index in [0.29, 0.717) is 0 Å². The third kappa shape index (κ3) is 2.46. The van der Waals surface area contributed by atoms with Crippen molar-refractivity contribution in [3.63, 3.8) is 0 Å². The summed E-state index contributed by atoms with van der Waals surface area (Å²) >= 11 is 1.49. The largest absolute Gasteiger partial charge is 0.372 e. The zero-order valence-electron chi connectivity index (χ0n) is 11.3. The first-order chi connectivity index (χ1) is 9.52. The second-order valence-corrected chi connectivity index (χ2v) is 6.08. The molecule has 1 aliphatic rings. The third-order valence-corrected chi connectivity index (χ3v) is 4.34. The number of rotatable bonds is 2. The van der Waals surface area contributed by atoms with Crippen LogP contribution in [0.1, 0.15) is 13.8 Å². The fourth-order valence-electron chi connectivity index (χ4n) is 2.48. The van der Waals surface area contributed by atoms with Crippen LogP contribution in [0, 0.1) is 10.1 Å². The summed E-state index contributed by atoms with van der Waals surface area (Å²) in [4.78, 5) is 17.2. The Morgan fingerprint density at radius 1 is 1.40 bits per heavy atom. The molecule has 0 aliphatic carbocycles. The molecule has 1 aromatic carbocycles. The van der Waals surface area contributed by atoms with Crippen molar-refractivity contribution in [2.45, 2.75) is 26.1 Å². The summed E-state index contributed by atoms with van der Waals surface area (Å²) in [5.74, 6) is 0. The molecule has 106 valence electrons. The van der Waals surface area contributed by atoms with Crippen LogP contribution in [0.4, 0.5) is 10.8 Å². The topological polar surface area (TPSA) is 68.5 Å². The van der Waals surface area contributed by atoms with Crippen LogP contribution >= 0.6 is 11.3 Å². The number of aromatic nitrogens is 1. The highest BCUT2D eigenvalue weighted by Gasteiger charge is 2.24. The van der Waals surface area contributed by atoms with Crippen LogP contribution in [-0.2, 0) is 4.74 Å². The number of ether oxygens (including phenoxy) is 1. The van der Waals surface area contributed by atoms with Gasteiger partial charge in [0, 0.05) is 25.2 Å². The summed E-state index contributed by atoms with van der Waals surface area (Å²) < 4.78 is 6.56. The van der Waals surface area contributed by atoms with Gasteiger partial charge in [0.25, 0.3) is 5.69 Å². The van der Waals surface area contributed by atoms with Crippen molar-refractivity contribution in [2.75, 3.05) is 18.0 Å².